The van der Waals surface area contributed by atoms with Crippen LogP contribution in [0.2, 0.25) is 0 Å². The van der Waals surface area contributed by atoms with E-state index in [-0.39, 0.29) is 24.8 Å². The average molecular weight is 420 g/mol. The first-order chi connectivity index (χ1) is 15.1. The van der Waals surface area contributed by atoms with Crippen molar-refractivity contribution in [3.05, 3.63) is 84.6 Å². The van der Waals surface area contributed by atoms with Crippen LogP contribution in [0.3, 0.4) is 0 Å². The highest BCUT2D eigenvalue weighted by molar-refractivity contribution is 5.69. The molecule has 0 saturated carbocycles. The van der Waals surface area contributed by atoms with E-state index in [0.717, 1.165) is 23.1 Å². The smallest absolute Gasteiger partial charge is 0.410 e. The number of rotatable bonds is 5. The molecule has 1 aliphatic heterocycles. The lowest BCUT2D eigenvalue weighted by Gasteiger charge is -2.35. The summed E-state index contributed by atoms with van der Waals surface area (Å²) < 4.78 is 5.39. The Morgan fingerprint density at radius 1 is 1.06 bits per heavy atom. The fourth-order valence-corrected chi connectivity index (χ4v) is 3.44. The molecule has 2 unspecified atom stereocenters. The number of aliphatic hydroxyl groups is 1. The number of anilines is 1. The first-order valence-corrected chi connectivity index (χ1v) is 10.5. The second kappa shape index (κ2) is 11.1. The van der Waals surface area contributed by atoms with E-state index in [1.165, 1.54) is 0 Å². The Hall–Kier alpha value is -3.38. The van der Waals surface area contributed by atoms with Crippen molar-refractivity contribution in [2.45, 2.75) is 31.9 Å². The van der Waals surface area contributed by atoms with Crippen molar-refractivity contribution in [3.8, 4) is 11.1 Å². The zero-order valence-electron chi connectivity index (χ0n) is 17.7. The minimum Gasteiger partial charge on any atom is -0.446 e. The van der Waals surface area contributed by atoms with Crippen LogP contribution in [-0.2, 0) is 4.74 Å². The zero-order valence-corrected chi connectivity index (χ0v) is 17.7. The number of aliphatic hydroxyl groups excluding tert-OH is 1. The van der Waals surface area contributed by atoms with Gasteiger partial charge in [-0.2, -0.15) is 0 Å². The number of nitrogens with zero attached hydrogens (tertiary/aromatic N) is 2. The van der Waals surface area contributed by atoms with E-state index in [2.05, 4.69) is 4.98 Å². The maximum absolute atomic E-state index is 12.2. The molecule has 3 N–H and O–H groups in total. The first kappa shape index (κ1) is 22.3. The molecular formula is C25H29N3O3. The fourth-order valence-electron chi connectivity index (χ4n) is 3.44. The molecule has 2 aromatic carbocycles. The van der Waals surface area contributed by atoms with Crippen molar-refractivity contribution in [1.29, 1.82) is 0 Å². The van der Waals surface area contributed by atoms with Crippen molar-refractivity contribution >= 4 is 11.9 Å². The molecule has 0 spiro atoms. The molecule has 1 saturated heterocycles. The summed E-state index contributed by atoms with van der Waals surface area (Å²) in [6, 6.07) is 23.7. The topological polar surface area (TPSA) is 88.7 Å². The molecule has 1 aliphatic rings. The van der Waals surface area contributed by atoms with Gasteiger partial charge in [-0.05, 0) is 30.2 Å². The van der Waals surface area contributed by atoms with Crippen LogP contribution in [0.1, 0.15) is 31.4 Å². The highest BCUT2D eigenvalue weighted by atomic mass is 16.6. The first-order valence-electron chi connectivity index (χ1n) is 10.5. The maximum atomic E-state index is 12.2. The Kier molecular flexibility index (Phi) is 8.01. The van der Waals surface area contributed by atoms with Crippen molar-refractivity contribution in [2.24, 2.45) is 0 Å². The second-order valence-corrected chi connectivity index (χ2v) is 7.42. The lowest BCUT2D eigenvalue weighted by molar-refractivity contribution is 0.00401. The summed E-state index contributed by atoms with van der Waals surface area (Å²) in [6.45, 7) is 2.66. The van der Waals surface area contributed by atoms with Crippen LogP contribution >= 0.6 is 0 Å². The Balaban J connectivity index is 0.000000391. The number of pyridine rings is 1. The predicted molar refractivity (Wildman–Crippen MR) is 122 cm³/mol. The molecular weight excluding hydrogens is 390 g/mol. The number of nitrogens with two attached hydrogens (primary N) is 1. The number of benzene rings is 2. The largest absolute Gasteiger partial charge is 0.446 e. The summed E-state index contributed by atoms with van der Waals surface area (Å²) >= 11 is 0. The summed E-state index contributed by atoms with van der Waals surface area (Å²) in [7, 11) is 0. The van der Waals surface area contributed by atoms with Gasteiger partial charge in [0.25, 0.3) is 0 Å². The van der Waals surface area contributed by atoms with Gasteiger partial charge < -0.3 is 20.5 Å². The fraction of sp³-hybridized carbons (Fsp3) is 0.280. The molecule has 162 valence electrons. The molecule has 3 aromatic rings. The molecule has 6 nitrogen and oxygen atoms in total. The molecule has 1 fully saturated rings. The third-order valence-electron chi connectivity index (χ3n) is 5.29. The molecule has 1 aromatic heterocycles. The van der Waals surface area contributed by atoms with Gasteiger partial charge in [0.15, 0.2) is 0 Å². The molecule has 1 amide bonds. The van der Waals surface area contributed by atoms with Crippen LogP contribution in [0.5, 0.6) is 0 Å². The number of aromatic nitrogens is 1. The maximum Gasteiger partial charge on any atom is 0.410 e. The van der Waals surface area contributed by atoms with Gasteiger partial charge in [0.2, 0.25) is 0 Å². The summed E-state index contributed by atoms with van der Waals surface area (Å²) in [5.41, 5.74) is 8.71. The number of amides is 1. The van der Waals surface area contributed by atoms with Gasteiger partial charge in [-0.3, -0.25) is 0 Å². The molecule has 0 bridgehead atoms. The summed E-state index contributed by atoms with van der Waals surface area (Å²) in [6.07, 6.45) is 2.49. The standard InChI is InChI=1S/C19H23N3O3.C6H6/c1-13(22-10-8-17(9-11-23)25-19(22)24)14-2-4-15(5-3-14)16-6-7-18(20)21-12-16;1-2-4-6-5-3-1/h2-7,12-13,17,23H,8-11H2,1H3,(H2,20,21);1-6H. The summed E-state index contributed by atoms with van der Waals surface area (Å²) in [5.74, 6) is 0.497. The predicted octanol–water partition coefficient (Wildman–Crippen LogP) is 4.67. The van der Waals surface area contributed by atoms with Crippen molar-refractivity contribution in [1.82, 2.24) is 9.88 Å². The van der Waals surface area contributed by atoms with Gasteiger partial charge in [0.1, 0.15) is 11.9 Å². The highest BCUT2D eigenvalue weighted by Gasteiger charge is 2.30. The number of ether oxygens (including phenoxy) is 1. The van der Waals surface area contributed by atoms with Crippen LogP contribution in [0, 0.1) is 0 Å². The van der Waals surface area contributed by atoms with Gasteiger partial charge in [0.05, 0.1) is 6.04 Å². The Morgan fingerprint density at radius 3 is 2.19 bits per heavy atom. The zero-order chi connectivity index (χ0) is 22.1. The van der Waals surface area contributed by atoms with E-state index in [0.29, 0.717) is 18.8 Å². The van der Waals surface area contributed by atoms with Crippen LogP contribution in [0.15, 0.2) is 79.0 Å². The lowest BCUT2D eigenvalue weighted by Crippen LogP contribution is -2.43. The molecule has 0 aliphatic carbocycles. The number of hydrogen-bond donors (Lipinski definition) is 2. The Bertz CT molecular complexity index is 904. The van der Waals surface area contributed by atoms with Crippen molar-refractivity contribution < 1.29 is 14.6 Å². The molecule has 4 rings (SSSR count). The third-order valence-corrected chi connectivity index (χ3v) is 5.29. The van der Waals surface area contributed by atoms with Crippen molar-refractivity contribution in [2.75, 3.05) is 18.9 Å². The summed E-state index contributed by atoms with van der Waals surface area (Å²) in [5, 5.41) is 8.98. The second-order valence-electron chi connectivity index (χ2n) is 7.42. The van der Waals surface area contributed by atoms with Crippen LogP contribution in [-0.4, -0.2) is 40.3 Å². The molecule has 2 atom stereocenters. The molecule has 6 heteroatoms. The number of cyclic esters (lactones) is 1. The number of nitrogen functional groups attached to an aromatic ring is 1. The van der Waals surface area contributed by atoms with E-state index in [1.807, 2.05) is 73.7 Å². The third kappa shape index (κ3) is 6.30. The van der Waals surface area contributed by atoms with E-state index >= 15 is 0 Å². The van der Waals surface area contributed by atoms with E-state index in [1.54, 1.807) is 17.2 Å². The van der Waals surface area contributed by atoms with Gasteiger partial charge >= 0.3 is 6.09 Å². The Morgan fingerprint density at radius 2 is 1.68 bits per heavy atom. The van der Waals surface area contributed by atoms with Gasteiger partial charge in [-0.25, -0.2) is 9.78 Å². The van der Waals surface area contributed by atoms with Crippen LogP contribution in [0.4, 0.5) is 10.6 Å². The highest BCUT2D eigenvalue weighted by Crippen LogP contribution is 2.28. The van der Waals surface area contributed by atoms with Crippen LogP contribution in [0.25, 0.3) is 11.1 Å². The Labute approximate surface area is 183 Å². The van der Waals surface area contributed by atoms with E-state index < -0.39 is 0 Å². The minimum atomic E-state index is -0.316. The number of hydrogen-bond acceptors (Lipinski definition) is 5. The normalized spacial score (nSPS) is 16.6. The van der Waals surface area contributed by atoms with E-state index in [9.17, 15) is 4.79 Å². The monoisotopic (exact) mass is 419 g/mol. The van der Waals surface area contributed by atoms with Crippen molar-refractivity contribution in [3.63, 3.8) is 0 Å². The SMILES string of the molecule is CC(c1ccc(-c2ccc(N)nc2)cc1)N1CCC(CCO)OC1=O.c1ccccc1. The van der Waals surface area contributed by atoms with Crippen LogP contribution < -0.4 is 5.73 Å². The quantitative estimate of drug-likeness (QED) is 0.627. The molecule has 2 heterocycles. The minimum absolute atomic E-state index is 0.0367. The van der Waals surface area contributed by atoms with Gasteiger partial charge in [0, 0.05) is 37.8 Å². The van der Waals surface area contributed by atoms with Gasteiger partial charge in [-0.1, -0.05) is 60.7 Å². The summed E-state index contributed by atoms with van der Waals surface area (Å²) in [4.78, 5) is 18.1. The average Bonchev–Trinajstić information content (AvgIpc) is 2.81. The lowest BCUT2D eigenvalue weighted by atomic mass is 10.0. The van der Waals surface area contributed by atoms with E-state index in [4.69, 9.17) is 15.6 Å². The molecule has 0 radical (unpaired) electrons. The number of carbonyl (C=O) groups is 1. The van der Waals surface area contributed by atoms with Gasteiger partial charge in [-0.15, -0.1) is 0 Å². The number of carbonyl (C=O) groups excluding carboxylic acids is 1. The molecule has 31 heavy (non-hydrogen) atoms.